The van der Waals surface area contributed by atoms with Crippen LogP contribution in [0, 0.1) is 0 Å². The van der Waals surface area contributed by atoms with E-state index < -0.39 is 0 Å². The van der Waals surface area contributed by atoms with Crippen molar-refractivity contribution >= 4 is 0 Å². The summed E-state index contributed by atoms with van der Waals surface area (Å²) in [7, 11) is 0. The van der Waals surface area contributed by atoms with Crippen molar-refractivity contribution in [1.29, 1.82) is 0 Å². The van der Waals surface area contributed by atoms with Crippen LogP contribution in [0.1, 0.15) is 43.4 Å². The van der Waals surface area contributed by atoms with Crippen molar-refractivity contribution in [3.63, 3.8) is 0 Å². The van der Waals surface area contributed by atoms with Crippen LogP contribution in [0.3, 0.4) is 0 Å². The number of aliphatic hydroxyl groups is 1. The smallest absolute Gasteiger partial charge is 0.0698 e. The van der Waals surface area contributed by atoms with E-state index in [-0.39, 0.29) is 6.61 Å². The van der Waals surface area contributed by atoms with Crippen LogP contribution in [0.15, 0.2) is 12.4 Å². The molecular formula is C15H26N2O2. The van der Waals surface area contributed by atoms with Crippen LogP contribution in [0.25, 0.3) is 0 Å². The number of rotatable bonds is 7. The highest BCUT2D eigenvalue weighted by molar-refractivity contribution is 5.29. The van der Waals surface area contributed by atoms with Gasteiger partial charge in [0, 0.05) is 25.0 Å². The van der Waals surface area contributed by atoms with Gasteiger partial charge in [0.1, 0.15) is 0 Å². The standard InChI is InChI=1S/C15H26N2O2/c1-2-16-15-6-4-3-5-13-11-17(12-14(13)15)7-9-19-10-8-18/h11-12,15-16,18H,2-10H2,1H3. The highest BCUT2D eigenvalue weighted by Crippen LogP contribution is 2.29. The molecule has 1 aliphatic rings. The molecule has 4 nitrogen and oxygen atoms in total. The molecule has 2 rings (SSSR count). The van der Waals surface area contributed by atoms with Crippen LogP contribution >= 0.6 is 0 Å². The number of fused-ring (bicyclic) bond motifs is 1. The fourth-order valence-corrected chi connectivity index (χ4v) is 2.84. The summed E-state index contributed by atoms with van der Waals surface area (Å²) in [5.41, 5.74) is 2.96. The molecule has 0 saturated carbocycles. The Morgan fingerprint density at radius 2 is 2.26 bits per heavy atom. The molecule has 0 fully saturated rings. The lowest BCUT2D eigenvalue weighted by atomic mass is 10.0. The molecule has 1 aromatic heterocycles. The Kier molecular flexibility index (Phi) is 5.89. The molecule has 108 valence electrons. The van der Waals surface area contributed by atoms with E-state index in [1.807, 2.05) is 0 Å². The number of ether oxygens (including phenoxy) is 1. The van der Waals surface area contributed by atoms with Crippen molar-refractivity contribution in [1.82, 2.24) is 9.88 Å². The summed E-state index contributed by atoms with van der Waals surface area (Å²) < 4.78 is 7.57. The maximum Gasteiger partial charge on any atom is 0.0698 e. The van der Waals surface area contributed by atoms with Crippen molar-refractivity contribution in [2.24, 2.45) is 0 Å². The third-order valence-electron chi connectivity index (χ3n) is 3.74. The SMILES string of the molecule is CCNC1CCCCc2cn(CCOCCO)cc21. The maximum atomic E-state index is 8.68. The van der Waals surface area contributed by atoms with Crippen LogP contribution < -0.4 is 5.32 Å². The third-order valence-corrected chi connectivity index (χ3v) is 3.74. The van der Waals surface area contributed by atoms with Gasteiger partial charge in [-0.2, -0.15) is 0 Å². The number of aryl methyl sites for hydroxylation is 1. The van der Waals surface area contributed by atoms with Crippen molar-refractivity contribution in [2.45, 2.75) is 45.2 Å². The molecule has 0 bridgehead atoms. The molecule has 1 atom stereocenters. The Labute approximate surface area is 115 Å². The summed E-state index contributed by atoms with van der Waals surface area (Å²) in [6.45, 7) is 5.26. The normalized spacial score (nSPS) is 19.2. The molecular weight excluding hydrogens is 240 g/mol. The molecule has 1 unspecified atom stereocenters. The Hall–Kier alpha value is -0.840. The molecule has 0 aromatic carbocycles. The van der Waals surface area contributed by atoms with Gasteiger partial charge in [-0.05, 0) is 36.9 Å². The molecule has 19 heavy (non-hydrogen) atoms. The lowest BCUT2D eigenvalue weighted by Crippen LogP contribution is -2.20. The van der Waals surface area contributed by atoms with Gasteiger partial charge in [0.2, 0.25) is 0 Å². The molecule has 0 radical (unpaired) electrons. The van der Waals surface area contributed by atoms with E-state index in [2.05, 4.69) is 29.2 Å². The zero-order chi connectivity index (χ0) is 13.5. The number of hydrogen-bond donors (Lipinski definition) is 2. The number of aliphatic hydroxyl groups excluding tert-OH is 1. The van der Waals surface area contributed by atoms with Crippen LogP contribution in [0.5, 0.6) is 0 Å². The van der Waals surface area contributed by atoms with Crippen LogP contribution in [-0.4, -0.2) is 36.0 Å². The fourth-order valence-electron chi connectivity index (χ4n) is 2.84. The average molecular weight is 266 g/mol. The number of nitrogens with zero attached hydrogens (tertiary/aromatic N) is 1. The first kappa shape index (κ1) is 14.6. The molecule has 1 aliphatic carbocycles. The Balaban J connectivity index is 1.98. The average Bonchev–Trinajstić information content (AvgIpc) is 2.73. The lowest BCUT2D eigenvalue weighted by Gasteiger charge is -2.15. The summed E-state index contributed by atoms with van der Waals surface area (Å²) in [4.78, 5) is 0. The zero-order valence-electron chi connectivity index (χ0n) is 11.9. The predicted molar refractivity (Wildman–Crippen MR) is 76.3 cm³/mol. The van der Waals surface area contributed by atoms with Gasteiger partial charge >= 0.3 is 0 Å². The highest BCUT2D eigenvalue weighted by atomic mass is 16.5. The fraction of sp³-hybridized carbons (Fsp3) is 0.733. The van der Waals surface area contributed by atoms with Crippen molar-refractivity contribution in [2.75, 3.05) is 26.4 Å². The minimum atomic E-state index is 0.102. The molecule has 0 saturated heterocycles. The van der Waals surface area contributed by atoms with Crippen LogP contribution in [-0.2, 0) is 17.7 Å². The molecule has 2 N–H and O–H groups in total. The van der Waals surface area contributed by atoms with E-state index in [9.17, 15) is 0 Å². The summed E-state index contributed by atoms with van der Waals surface area (Å²) in [5, 5.41) is 12.3. The second-order valence-electron chi connectivity index (χ2n) is 5.17. The van der Waals surface area contributed by atoms with Gasteiger partial charge in [-0.15, -0.1) is 0 Å². The second kappa shape index (κ2) is 7.68. The minimum absolute atomic E-state index is 0.102. The number of nitrogens with one attached hydrogen (secondary N) is 1. The number of aromatic nitrogens is 1. The predicted octanol–water partition coefficient (Wildman–Crippen LogP) is 1.87. The van der Waals surface area contributed by atoms with Crippen molar-refractivity contribution in [3.8, 4) is 0 Å². The monoisotopic (exact) mass is 266 g/mol. The minimum Gasteiger partial charge on any atom is -0.394 e. The summed E-state index contributed by atoms with van der Waals surface area (Å²) in [5.74, 6) is 0. The Bertz CT molecular complexity index is 376. The van der Waals surface area contributed by atoms with Gasteiger partial charge in [-0.3, -0.25) is 0 Å². The summed E-state index contributed by atoms with van der Waals surface area (Å²) >= 11 is 0. The molecule has 0 amide bonds. The Morgan fingerprint density at radius 1 is 1.37 bits per heavy atom. The van der Waals surface area contributed by atoms with Gasteiger partial charge in [0.25, 0.3) is 0 Å². The Morgan fingerprint density at radius 3 is 3.05 bits per heavy atom. The van der Waals surface area contributed by atoms with Gasteiger partial charge in [-0.25, -0.2) is 0 Å². The first-order valence-electron chi connectivity index (χ1n) is 7.45. The molecule has 4 heteroatoms. The van der Waals surface area contributed by atoms with E-state index in [4.69, 9.17) is 9.84 Å². The maximum absolute atomic E-state index is 8.68. The second-order valence-corrected chi connectivity index (χ2v) is 5.17. The van der Waals surface area contributed by atoms with Crippen LogP contribution in [0.4, 0.5) is 0 Å². The quantitative estimate of drug-likeness (QED) is 0.585. The van der Waals surface area contributed by atoms with Crippen LogP contribution in [0.2, 0.25) is 0 Å². The molecule has 0 spiro atoms. The summed E-state index contributed by atoms with van der Waals surface area (Å²) in [6, 6.07) is 0.516. The van der Waals surface area contributed by atoms with Gasteiger partial charge < -0.3 is 19.7 Å². The largest absolute Gasteiger partial charge is 0.394 e. The van der Waals surface area contributed by atoms with Crippen molar-refractivity contribution < 1.29 is 9.84 Å². The number of hydrogen-bond acceptors (Lipinski definition) is 3. The van der Waals surface area contributed by atoms with Gasteiger partial charge in [-0.1, -0.05) is 13.3 Å². The first-order chi connectivity index (χ1) is 9.35. The summed E-state index contributed by atoms with van der Waals surface area (Å²) in [6.07, 6.45) is 9.59. The first-order valence-corrected chi connectivity index (χ1v) is 7.45. The van der Waals surface area contributed by atoms with E-state index >= 15 is 0 Å². The molecule has 1 heterocycles. The third kappa shape index (κ3) is 4.06. The van der Waals surface area contributed by atoms with Gasteiger partial charge in [0.05, 0.1) is 19.8 Å². The molecule has 0 aliphatic heterocycles. The topological polar surface area (TPSA) is 46.4 Å². The van der Waals surface area contributed by atoms with Crippen molar-refractivity contribution in [3.05, 3.63) is 23.5 Å². The van der Waals surface area contributed by atoms with Gasteiger partial charge in [0.15, 0.2) is 0 Å². The lowest BCUT2D eigenvalue weighted by molar-refractivity contribution is 0.0870. The van der Waals surface area contributed by atoms with E-state index in [0.29, 0.717) is 19.3 Å². The van der Waals surface area contributed by atoms with E-state index in [1.54, 1.807) is 0 Å². The van der Waals surface area contributed by atoms with E-state index in [1.165, 1.54) is 36.8 Å². The zero-order valence-corrected chi connectivity index (χ0v) is 11.9. The molecule has 1 aromatic rings. The van der Waals surface area contributed by atoms with E-state index in [0.717, 1.165) is 13.1 Å². The highest BCUT2D eigenvalue weighted by Gasteiger charge is 2.19.